The van der Waals surface area contributed by atoms with Crippen LogP contribution in [0.4, 0.5) is 0 Å². The van der Waals surface area contributed by atoms with E-state index in [4.69, 9.17) is 5.73 Å². The number of nitrogens with two attached hydrogens (primary N) is 1. The van der Waals surface area contributed by atoms with Gasteiger partial charge in [0, 0.05) is 32.4 Å². The molecule has 0 spiro atoms. The highest BCUT2D eigenvalue weighted by molar-refractivity contribution is 5.92. The van der Waals surface area contributed by atoms with Gasteiger partial charge in [0.1, 0.15) is 5.69 Å². The van der Waals surface area contributed by atoms with Gasteiger partial charge < -0.3 is 15.2 Å². The normalized spacial score (nSPS) is 20.6. The smallest absolute Gasteiger partial charge is 0.274 e. The third-order valence-corrected chi connectivity index (χ3v) is 3.18. The second-order valence-electron chi connectivity index (χ2n) is 4.78. The Morgan fingerprint density at radius 3 is 3.18 bits per heavy atom. The van der Waals surface area contributed by atoms with Crippen molar-refractivity contribution in [3.8, 4) is 0 Å². The minimum absolute atomic E-state index is 0.0484. The molecule has 1 aliphatic rings. The summed E-state index contributed by atoms with van der Waals surface area (Å²) in [5.74, 6) is 0.645. The number of amides is 1. The van der Waals surface area contributed by atoms with E-state index in [1.807, 2.05) is 9.47 Å². The Hall–Kier alpha value is -1.36. The summed E-state index contributed by atoms with van der Waals surface area (Å²) in [6.07, 6.45) is 5.77. The van der Waals surface area contributed by atoms with E-state index in [0.29, 0.717) is 24.7 Å². The Kier molecular flexibility index (Phi) is 3.78. The molecule has 1 unspecified atom stereocenters. The second-order valence-corrected chi connectivity index (χ2v) is 4.78. The molecule has 0 bridgehead atoms. The molecular formula is C12H20N4O. The highest BCUT2D eigenvalue weighted by atomic mass is 16.2. The quantitative estimate of drug-likeness (QED) is 0.840. The van der Waals surface area contributed by atoms with Gasteiger partial charge in [0.2, 0.25) is 0 Å². The Balaban J connectivity index is 2.02. The summed E-state index contributed by atoms with van der Waals surface area (Å²) in [7, 11) is 0. The molecule has 1 aliphatic heterocycles. The fraction of sp³-hybridized carbons (Fsp3) is 0.667. The van der Waals surface area contributed by atoms with Crippen molar-refractivity contribution in [2.45, 2.75) is 26.3 Å². The van der Waals surface area contributed by atoms with E-state index in [2.05, 4.69) is 11.9 Å². The van der Waals surface area contributed by atoms with Crippen molar-refractivity contribution in [2.24, 2.45) is 11.7 Å². The Morgan fingerprint density at radius 2 is 2.47 bits per heavy atom. The lowest BCUT2D eigenvalue weighted by molar-refractivity contribution is 0.0677. The predicted octanol–water partition coefficient (Wildman–Crippen LogP) is 0.714. The maximum absolute atomic E-state index is 12.2. The van der Waals surface area contributed by atoms with Gasteiger partial charge >= 0.3 is 0 Å². The fourth-order valence-corrected chi connectivity index (χ4v) is 2.28. The lowest BCUT2D eigenvalue weighted by atomic mass is 10.0. The fourth-order valence-electron chi connectivity index (χ4n) is 2.28. The Morgan fingerprint density at radius 1 is 1.65 bits per heavy atom. The predicted molar refractivity (Wildman–Crippen MR) is 65.6 cm³/mol. The second kappa shape index (κ2) is 5.31. The number of imidazole rings is 1. The van der Waals surface area contributed by atoms with E-state index in [1.54, 1.807) is 12.5 Å². The molecule has 2 heterocycles. The average molecular weight is 236 g/mol. The minimum Gasteiger partial charge on any atom is -0.337 e. The summed E-state index contributed by atoms with van der Waals surface area (Å²) >= 11 is 0. The molecular weight excluding hydrogens is 216 g/mol. The zero-order chi connectivity index (χ0) is 12.3. The standard InChI is InChI=1S/C12H20N4O/c1-10-3-2-5-16(7-10)12(17)11-8-15(6-4-13)9-14-11/h8-10H,2-7,13H2,1H3. The van der Waals surface area contributed by atoms with Crippen LogP contribution in [0.15, 0.2) is 12.5 Å². The van der Waals surface area contributed by atoms with Gasteiger partial charge in [0.25, 0.3) is 5.91 Å². The van der Waals surface area contributed by atoms with Crippen molar-refractivity contribution >= 4 is 5.91 Å². The van der Waals surface area contributed by atoms with Crippen molar-refractivity contribution in [3.63, 3.8) is 0 Å². The summed E-state index contributed by atoms with van der Waals surface area (Å²) in [4.78, 5) is 18.2. The summed E-state index contributed by atoms with van der Waals surface area (Å²) < 4.78 is 1.86. The average Bonchev–Trinajstić information content (AvgIpc) is 2.77. The number of carbonyl (C=O) groups is 1. The first-order valence-corrected chi connectivity index (χ1v) is 6.22. The molecule has 5 nitrogen and oxygen atoms in total. The number of hydrogen-bond acceptors (Lipinski definition) is 3. The minimum atomic E-state index is 0.0484. The van der Waals surface area contributed by atoms with Crippen molar-refractivity contribution in [1.82, 2.24) is 14.5 Å². The third kappa shape index (κ3) is 2.85. The molecule has 0 aromatic carbocycles. The van der Waals surface area contributed by atoms with Crippen LogP contribution >= 0.6 is 0 Å². The molecule has 2 N–H and O–H groups in total. The van der Waals surface area contributed by atoms with Crippen LogP contribution in [0.25, 0.3) is 0 Å². The largest absolute Gasteiger partial charge is 0.337 e. The van der Waals surface area contributed by atoms with Gasteiger partial charge in [-0.15, -0.1) is 0 Å². The molecule has 1 fully saturated rings. The van der Waals surface area contributed by atoms with E-state index >= 15 is 0 Å². The zero-order valence-electron chi connectivity index (χ0n) is 10.3. The number of nitrogens with zero attached hydrogens (tertiary/aromatic N) is 3. The number of carbonyl (C=O) groups excluding carboxylic acids is 1. The van der Waals surface area contributed by atoms with E-state index in [9.17, 15) is 4.79 Å². The summed E-state index contributed by atoms with van der Waals surface area (Å²) in [6.45, 7) is 5.16. The first-order valence-electron chi connectivity index (χ1n) is 6.22. The Bertz CT molecular complexity index is 388. The van der Waals surface area contributed by atoms with Gasteiger partial charge in [-0.05, 0) is 18.8 Å². The van der Waals surface area contributed by atoms with Crippen LogP contribution in [0.5, 0.6) is 0 Å². The van der Waals surface area contributed by atoms with Crippen LogP contribution in [-0.4, -0.2) is 40.0 Å². The molecule has 1 aromatic rings. The highest BCUT2D eigenvalue weighted by Gasteiger charge is 2.23. The molecule has 1 atom stereocenters. The molecule has 94 valence electrons. The van der Waals surface area contributed by atoms with Crippen LogP contribution in [0.3, 0.4) is 0 Å². The Labute approximate surface area is 102 Å². The number of likely N-dealkylation sites (tertiary alicyclic amines) is 1. The first kappa shape index (κ1) is 12.1. The lowest BCUT2D eigenvalue weighted by Crippen LogP contribution is -2.39. The molecule has 1 amide bonds. The first-order chi connectivity index (χ1) is 8.20. The summed E-state index contributed by atoms with van der Waals surface area (Å²) in [5.41, 5.74) is 6.00. The molecule has 1 saturated heterocycles. The third-order valence-electron chi connectivity index (χ3n) is 3.18. The van der Waals surface area contributed by atoms with Crippen LogP contribution in [-0.2, 0) is 6.54 Å². The van der Waals surface area contributed by atoms with Gasteiger partial charge in [-0.3, -0.25) is 4.79 Å². The molecule has 5 heteroatoms. The highest BCUT2D eigenvalue weighted by Crippen LogP contribution is 2.17. The van der Waals surface area contributed by atoms with Crippen LogP contribution in [0, 0.1) is 5.92 Å². The number of aromatic nitrogens is 2. The topological polar surface area (TPSA) is 64.2 Å². The number of piperidine rings is 1. The van der Waals surface area contributed by atoms with Gasteiger partial charge in [-0.2, -0.15) is 0 Å². The number of hydrogen-bond donors (Lipinski definition) is 1. The van der Waals surface area contributed by atoms with Crippen molar-refractivity contribution in [3.05, 3.63) is 18.2 Å². The summed E-state index contributed by atoms with van der Waals surface area (Å²) in [5, 5.41) is 0. The molecule has 0 aliphatic carbocycles. The molecule has 0 saturated carbocycles. The van der Waals surface area contributed by atoms with E-state index < -0.39 is 0 Å². The molecule has 2 rings (SSSR count). The van der Waals surface area contributed by atoms with E-state index in [-0.39, 0.29) is 5.91 Å². The SMILES string of the molecule is CC1CCCN(C(=O)c2cn(CCN)cn2)C1. The zero-order valence-corrected chi connectivity index (χ0v) is 10.3. The molecule has 17 heavy (non-hydrogen) atoms. The monoisotopic (exact) mass is 236 g/mol. The van der Waals surface area contributed by atoms with Crippen molar-refractivity contribution < 1.29 is 4.79 Å². The number of rotatable bonds is 3. The summed E-state index contributed by atoms with van der Waals surface area (Å²) in [6, 6.07) is 0. The van der Waals surface area contributed by atoms with Crippen molar-refractivity contribution in [2.75, 3.05) is 19.6 Å². The van der Waals surface area contributed by atoms with Crippen LogP contribution in [0.2, 0.25) is 0 Å². The molecule has 0 radical (unpaired) electrons. The van der Waals surface area contributed by atoms with Crippen molar-refractivity contribution in [1.29, 1.82) is 0 Å². The van der Waals surface area contributed by atoms with Gasteiger partial charge in [0.15, 0.2) is 0 Å². The molecule has 1 aromatic heterocycles. The van der Waals surface area contributed by atoms with E-state index in [0.717, 1.165) is 19.5 Å². The van der Waals surface area contributed by atoms with Gasteiger partial charge in [0.05, 0.1) is 6.33 Å². The maximum Gasteiger partial charge on any atom is 0.274 e. The van der Waals surface area contributed by atoms with Crippen LogP contribution in [0.1, 0.15) is 30.3 Å². The van der Waals surface area contributed by atoms with Gasteiger partial charge in [-0.1, -0.05) is 6.92 Å². The lowest BCUT2D eigenvalue weighted by Gasteiger charge is -2.30. The van der Waals surface area contributed by atoms with Crippen LogP contribution < -0.4 is 5.73 Å². The van der Waals surface area contributed by atoms with E-state index in [1.165, 1.54) is 6.42 Å². The van der Waals surface area contributed by atoms with Gasteiger partial charge in [-0.25, -0.2) is 4.98 Å². The maximum atomic E-state index is 12.2.